The van der Waals surface area contributed by atoms with Crippen LogP contribution in [0.5, 0.6) is 5.75 Å². The molecular weight excluding hydrogens is 503 g/mol. The molecule has 35 heavy (non-hydrogen) atoms. The normalized spacial score (nSPS) is 18.4. The van der Waals surface area contributed by atoms with Gasteiger partial charge in [-0.3, -0.25) is 4.99 Å². The van der Waals surface area contributed by atoms with Gasteiger partial charge in [0.15, 0.2) is 5.11 Å². The second kappa shape index (κ2) is 9.76. The van der Waals surface area contributed by atoms with Crippen molar-refractivity contribution in [3.05, 3.63) is 71.2 Å². The van der Waals surface area contributed by atoms with E-state index in [-0.39, 0.29) is 11.5 Å². The molecule has 0 saturated carbocycles. The molecule has 2 heterocycles. The fraction of sp³-hybridized carbons (Fsp3) is 0.360. The van der Waals surface area contributed by atoms with Crippen LogP contribution in [-0.4, -0.2) is 37.3 Å². The summed E-state index contributed by atoms with van der Waals surface area (Å²) in [6.45, 7) is 10.5. The summed E-state index contributed by atoms with van der Waals surface area (Å²) in [6.07, 6.45) is 2.55. The highest BCUT2D eigenvalue weighted by Crippen LogP contribution is 2.36. The maximum Gasteiger partial charge on any atom is 0.215 e. The molecule has 1 aromatic heterocycles. The van der Waals surface area contributed by atoms with Crippen LogP contribution in [0.4, 0.5) is 5.69 Å². The Bertz CT molecular complexity index is 1220. The van der Waals surface area contributed by atoms with E-state index in [9.17, 15) is 0 Å². The quantitative estimate of drug-likeness (QED) is 0.385. The molecule has 1 saturated heterocycles. The number of amidine groups is 1. The number of hydrogen-bond acceptors (Lipinski definition) is 5. The number of halogens is 2. The van der Waals surface area contributed by atoms with Gasteiger partial charge in [-0.2, -0.15) is 5.10 Å². The Kier molecular flexibility index (Phi) is 7.09. The third-order valence-electron chi connectivity index (χ3n) is 5.83. The Morgan fingerprint density at radius 1 is 1.09 bits per heavy atom. The van der Waals surface area contributed by atoms with Gasteiger partial charge in [0, 0.05) is 15.7 Å². The molecule has 1 aliphatic rings. The number of anilines is 1. The number of thiocarbonyl (C=S) groups is 1. The molecule has 10 heteroatoms. The van der Waals surface area contributed by atoms with Gasteiger partial charge in [0.2, 0.25) is 6.23 Å². The average molecular weight is 532 g/mol. The molecule has 3 aromatic rings. The van der Waals surface area contributed by atoms with Gasteiger partial charge in [-0.15, -0.1) is 0 Å². The average Bonchev–Trinajstić information content (AvgIpc) is 3.37. The molecule has 7 nitrogen and oxygen atoms in total. The second-order valence-corrected chi connectivity index (χ2v) is 11.2. The zero-order valence-corrected chi connectivity index (χ0v) is 22.6. The molecule has 184 valence electrons. The van der Waals surface area contributed by atoms with E-state index in [0.717, 1.165) is 11.5 Å². The summed E-state index contributed by atoms with van der Waals surface area (Å²) in [7, 11) is 0. The topological polar surface area (TPSA) is 67.6 Å². The lowest BCUT2D eigenvalue weighted by atomic mass is 9.85. The highest BCUT2D eigenvalue weighted by atomic mass is 35.5. The first kappa shape index (κ1) is 25.4. The van der Waals surface area contributed by atoms with Crippen molar-refractivity contribution in [2.75, 3.05) is 4.90 Å². The summed E-state index contributed by atoms with van der Waals surface area (Å²) in [6, 6.07) is 14.5. The highest BCUT2D eigenvalue weighted by Gasteiger charge is 2.45. The Balaban J connectivity index is 1.76. The molecule has 2 aromatic carbocycles. The highest BCUT2D eigenvalue weighted by molar-refractivity contribution is 7.80. The number of nitrogens with one attached hydrogen (secondary N) is 1. The van der Waals surface area contributed by atoms with Crippen LogP contribution in [0.1, 0.15) is 40.8 Å². The summed E-state index contributed by atoms with van der Waals surface area (Å²) in [4.78, 5) is 11.4. The van der Waals surface area contributed by atoms with Gasteiger partial charge in [0.25, 0.3) is 0 Å². The summed E-state index contributed by atoms with van der Waals surface area (Å²) >= 11 is 18.1. The van der Waals surface area contributed by atoms with Crippen molar-refractivity contribution >= 4 is 52.1 Å². The van der Waals surface area contributed by atoms with Crippen molar-refractivity contribution in [2.24, 2.45) is 10.4 Å². The van der Waals surface area contributed by atoms with Crippen LogP contribution in [0.15, 0.2) is 66.2 Å². The molecule has 1 fully saturated rings. The van der Waals surface area contributed by atoms with Crippen molar-refractivity contribution < 1.29 is 4.74 Å². The third-order valence-corrected chi connectivity index (χ3v) is 6.60. The minimum absolute atomic E-state index is 0.307. The van der Waals surface area contributed by atoms with Gasteiger partial charge in [-0.05, 0) is 73.9 Å². The van der Waals surface area contributed by atoms with Gasteiger partial charge in [0.1, 0.15) is 30.3 Å². The molecule has 0 radical (unpaired) electrons. The fourth-order valence-electron chi connectivity index (χ4n) is 4.00. The molecule has 0 aliphatic carbocycles. The van der Waals surface area contributed by atoms with Crippen molar-refractivity contribution in [2.45, 2.75) is 52.4 Å². The summed E-state index contributed by atoms with van der Waals surface area (Å²) in [5, 5.41) is 9.54. The molecule has 0 bridgehead atoms. The zero-order valence-electron chi connectivity index (χ0n) is 20.2. The molecule has 0 spiro atoms. The lowest BCUT2D eigenvalue weighted by Gasteiger charge is -2.36. The van der Waals surface area contributed by atoms with E-state index in [1.54, 1.807) is 23.1 Å². The fourth-order valence-corrected chi connectivity index (χ4v) is 4.74. The van der Waals surface area contributed by atoms with Gasteiger partial charge in [-0.25, -0.2) is 9.67 Å². The van der Waals surface area contributed by atoms with Crippen LogP contribution < -0.4 is 15.0 Å². The Morgan fingerprint density at radius 3 is 2.40 bits per heavy atom. The number of aliphatic imine (C=N–C) groups is 1. The summed E-state index contributed by atoms with van der Waals surface area (Å²) in [5.74, 6) is 1.38. The van der Waals surface area contributed by atoms with E-state index < -0.39 is 11.8 Å². The number of aromatic nitrogens is 3. The molecule has 1 aliphatic heterocycles. The SMILES string of the molecule is CC(C)(C)[C@@H](N=C1NC(=S)N(c2cccc(Cl)c2)C1(C)C)[C@@H](Oc1ccc(Cl)cc1)n1cncn1. The second-order valence-electron chi connectivity index (χ2n) is 9.93. The van der Waals surface area contributed by atoms with Crippen LogP contribution in [-0.2, 0) is 0 Å². The maximum absolute atomic E-state index is 6.44. The lowest BCUT2D eigenvalue weighted by Crippen LogP contribution is -2.46. The first-order valence-electron chi connectivity index (χ1n) is 11.2. The molecule has 1 N–H and O–H groups in total. The molecule has 4 rings (SSSR count). The van der Waals surface area contributed by atoms with E-state index in [1.807, 2.05) is 41.3 Å². The maximum atomic E-state index is 6.44. The van der Waals surface area contributed by atoms with Crippen LogP contribution in [0.25, 0.3) is 0 Å². The van der Waals surface area contributed by atoms with E-state index >= 15 is 0 Å². The predicted molar refractivity (Wildman–Crippen MR) is 146 cm³/mol. The van der Waals surface area contributed by atoms with Gasteiger partial charge >= 0.3 is 0 Å². The standard InChI is InChI=1S/C25H28Cl2N6OS/c1-24(2,3)20(21(32-15-28-14-29-32)34-19-11-9-16(26)10-12-19)30-22-25(4,5)33(23(35)31-22)18-8-6-7-17(27)13-18/h6-15,20-21H,1-5H3,(H,30,31,35)/t20-,21+/m0/s1. The van der Waals surface area contributed by atoms with Gasteiger partial charge < -0.3 is 15.0 Å². The summed E-state index contributed by atoms with van der Waals surface area (Å²) in [5.41, 5.74) is 0.0277. The third kappa shape index (κ3) is 5.44. The molecule has 0 unspecified atom stereocenters. The first-order chi connectivity index (χ1) is 16.5. The monoisotopic (exact) mass is 530 g/mol. The summed E-state index contributed by atoms with van der Waals surface area (Å²) < 4.78 is 8.12. The molecule has 2 atom stereocenters. The van der Waals surface area contributed by atoms with Crippen LogP contribution in [0.2, 0.25) is 10.0 Å². The Hall–Kier alpha value is -2.68. The van der Waals surface area contributed by atoms with Crippen LogP contribution in [0, 0.1) is 5.41 Å². The number of rotatable bonds is 6. The van der Waals surface area contributed by atoms with E-state index in [0.29, 0.717) is 20.9 Å². The number of nitrogens with zero attached hydrogens (tertiary/aromatic N) is 5. The van der Waals surface area contributed by atoms with Crippen molar-refractivity contribution in [3.63, 3.8) is 0 Å². The minimum Gasteiger partial charge on any atom is -0.466 e. The number of benzene rings is 2. The van der Waals surface area contributed by atoms with Crippen molar-refractivity contribution in [1.29, 1.82) is 0 Å². The Morgan fingerprint density at radius 2 is 1.80 bits per heavy atom. The number of hydrogen-bond donors (Lipinski definition) is 1. The molecule has 0 amide bonds. The minimum atomic E-state index is -0.572. The zero-order chi connectivity index (χ0) is 25.4. The smallest absolute Gasteiger partial charge is 0.215 e. The van der Waals surface area contributed by atoms with Crippen molar-refractivity contribution in [3.8, 4) is 5.75 Å². The van der Waals surface area contributed by atoms with Gasteiger partial charge in [-0.1, -0.05) is 50.0 Å². The first-order valence-corrected chi connectivity index (χ1v) is 12.3. The Labute approximate surface area is 221 Å². The number of ether oxygens (including phenoxy) is 1. The van der Waals surface area contributed by atoms with E-state index in [1.165, 1.54) is 6.33 Å². The molecular formula is C25H28Cl2N6OS. The largest absolute Gasteiger partial charge is 0.466 e. The van der Waals surface area contributed by atoms with Crippen LogP contribution in [0.3, 0.4) is 0 Å². The predicted octanol–water partition coefficient (Wildman–Crippen LogP) is 6.15. The van der Waals surface area contributed by atoms with Crippen LogP contribution >= 0.6 is 35.4 Å². The van der Waals surface area contributed by atoms with E-state index in [2.05, 4.69) is 50.0 Å². The van der Waals surface area contributed by atoms with E-state index in [4.69, 9.17) is 45.1 Å². The van der Waals surface area contributed by atoms with Gasteiger partial charge in [0.05, 0.1) is 5.54 Å². The lowest BCUT2D eigenvalue weighted by molar-refractivity contribution is 0.0470. The van der Waals surface area contributed by atoms with Crippen molar-refractivity contribution in [1.82, 2.24) is 20.1 Å².